The molecule has 5 nitrogen and oxygen atoms in total. The van der Waals surface area contributed by atoms with Gasteiger partial charge in [-0.15, -0.1) is 0 Å². The second-order valence-corrected chi connectivity index (χ2v) is 6.09. The summed E-state index contributed by atoms with van der Waals surface area (Å²) < 4.78 is 5.33. The van der Waals surface area contributed by atoms with Gasteiger partial charge in [0.25, 0.3) is 0 Å². The lowest BCUT2D eigenvalue weighted by atomic mass is 9.97. The van der Waals surface area contributed by atoms with Gasteiger partial charge in [0.2, 0.25) is 5.89 Å². The molecule has 102 valence electrons. The lowest BCUT2D eigenvalue weighted by Gasteiger charge is -2.22. The van der Waals surface area contributed by atoms with Gasteiger partial charge in [-0.2, -0.15) is 4.98 Å². The monoisotopic (exact) mass is 252 g/mol. The Morgan fingerprint density at radius 2 is 2.22 bits per heavy atom. The Balaban J connectivity index is 1.99. The molecule has 1 N–H and O–H groups in total. The minimum Gasteiger partial charge on any atom is -0.339 e. The second-order valence-electron chi connectivity index (χ2n) is 6.09. The number of rotatable bonds is 4. The molecule has 1 aliphatic rings. The van der Waals surface area contributed by atoms with Crippen molar-refractivity contribution in [3.8, 4) is 0 Å². The maximum atomic E-state index is 5.33. The molecule has 18 heavy (non-hydrogen) atoms. The van der Waals surface area contributed by atoms with Gasteiger partial charge in [-0.3, -0.25) is 4.90 Å². The molecule has 0 aromatic carbocycles. The smallest absolute Gasteiger partial charge is 0.232 e. The molecular formula is C13H24N4O. The van der Waals surface area contributed by atoms with Gasteiger partial charge in [-0.05, 0) is 26.4 Å². The van der Waals surface area contributed by atoms with Crippen LogP contribution >= 0.6 is 0 Å². The molecule has 1 aliphatic heterocycles. The zero-order valence-electron chi connectivity index (χ0n) is 11.9. The molecule has 1 atom stereocenters. The minimum atomic E-state index is -0.0688. The Hall–Kier alpha value is -0.940. The summed E-state index contributed by atoms with van der Waals surface area (Å²) in [5.41, 5.74) is -0.0688. The standard InChI is InChI=1S/C13H24N4O/c1-13(2,3)12-15-11(16-18-12)9-17-7-5-6-10(17)8-14-4/h10,14H,5-9H2,1-4H3. The molecule has 1 fully saturated rings. The van der Waals surface area contributed by atoms with E-state index in [-0.39, 0.29) is 5.41 Å². The third-order valence-corrected chi connectivity index (χ3v) is 3.39. The van der Waals surface area contributed by atoms with Gasteiger partial charge >= 0.3 is 0 Å². The van der Waals surface area contributed by atoms with Gasteiger partial charge in [0.1, 0.15) is 0 Å². The first-order chi connectivity index (χ1) is 8.50. The number of nitrogens with one attached hydrogen (secondary N) is 1. The largest absolute Gasteiger partial charge is 0.339 e. The van der Waals surface area contributed by atoms with Crippen molar-refractivity contribution in [1.29, 1.82) is 0 Å². The fourth-order valence-electron chi connectivity index (χ4n) is 2.37. The van der Waals surface area contributed by atoms with Crippen LogP contribution in [0.1, 0.15) is 45.3 Å². The summed E-state index contributed by atoms with van der Waals surface area (Å²) in [5, 5.41) is 7.34. The predicted molar refractivity (Wildman–Crippen MR) is 70.4 cm³/mol. The third-order valence-electron chi connectivity index (χ3n) is 3.39. The molecular weight excluding hydrogens is 228 g/mol. The molecule has 2 heterocycles. The summed E-state index contributed by atoms with van der Waals surface area (Å²) in [5.74, 6) is 1.53. The van der Waals surface area contributed by atoms with Crippen molar-refractivity contribution in [3.63, 3.8) is 0 Å². The highest BCUT2D eigenvalue weighted by atomic mass is 16.5. The first kappa shape index (κ1) is 13.5. The van der Waals surface area contributed by atoms with Crippen LogP contribution in [0.2, 0.25) is 0 Å². The van der Waals surface area contributed by atoms with Crippen molar-refractivity contribution in [3.05, 3.63) is 11.7 Å². The van der Waals surface area contributed by atoms with Crippen LogP contribution in [-0.4, -0.2) is 41.2 Å². The van der Waals surface area contributed by atoms with Crippen LogP contribution in [0.25, 0.3) is 0 Å². The summed E-state index contributed by atoms with van der Waals surface area (Å²) >= 11 is 0. The van der Waals surface area contributed by atoms with Crippen molar-refractivity contribution in [2.45, 2.75) is 51.6 Å². The number of hydrogen-bond donors (Lipinski definition) is 1. The highest BCUT2D eigenvalue weighted by Gasteiger charge is 2.27. The normalized spacial score (nSPS) is 21.7. The minimum absolute atomic E-state index is 0.0688. The van der Waals surface area contributed by atoms with Crippen molar-refractivity contribution >= 4 is 0 Å². The Labute approximate surface area is 109 Å². The van der Waals surface area contributed by atoms with Crippen LogP contribution in [0.4, 0.5) is 0 Å². The van der Waals surface area contributed by atoms with Gasteiger partial charge in [-0.25, -0.2) is 0 Å². The Bertz CT molecular complexity index is 383. The first-order valence-corrected chi connectivity index (χ1v) is 6.72. The molecule has 1 saturated heterocycles. The molecule has 1 aromatic rings. The predicted octanol–water partition coefficient (Wildman–Crippen LogP) is 1.55. The highest BCUT2D eigenvalue weighted by molar-refractivity contribution is 4.99. The summed E-state index contributed by atoms with van der Waals surface area (Å²) in [6.45, 7) is 9.22. The molecule has 0 saturated carbocycles. The van der Waals surface area contributed by atoms with Crippen LogP contribution in [0.5, 0.6) is 0 Å². The SMILES string of the molecule is CNCC1CCCN1Cc1noc(C(C)(C)C)n1. The van der Waals surface area contributed by atoms with Gasteiger partial charge < -0.3 is 9.84 Å². The maximum absolute atomic E-state index is 5.33. The van der Waals surface area contributed by atoms with E-state index in [0.717, 1.165) is 31.3 Å². The number of aromatic nitrogens is 2. The summed E-state index contributed by atoms with van der Waals surface area (Å²) in [7, 11) is 2.00. The molecule has 0 radical (unpaired) electrons. The fourth-order valence-corrected chi connectivity index (χ4v) is 2.37. The van der Waals surface area contributed by atoms with E-state index in [1.165, 1.54) is 12.8 Å². The molecule has 1 unspecified atom stereocenters. The topological polar surface area (TPSA) is 54.2 Å². The number of likely N-dealkylation sites (N-methyl/N-ethyl adjacent to an activating group) is 1. The summed E-state index contributed by atoms with van der Waals surface area (Å²) in [4.78, 5) is 6.94. The zero-order valence-corrected chi connectivity index (χ0v) is 11.9. The molecule has 2 rings (SSSR count). The molecule has 0 spiro atoms. The van der Waals surface area contributed by atoms with Crippen molar-refractivity contribution in [2.24, 2.45) is 0 Å². The molecule has 0 aliphatic carbocycles. The Kier molecular flexibility index (Phi) is 4.02. The quantitative estimate of drug-likeness (QED) is 0.881. The Morgan fingerprint density at radius 1 is 1.44 bits per heavy atom. The molecule has 1 aromatic heterocycles. The van der Waals surface area contributed by atoms with E-state index in [2.05, 4.69) is 41.1 Å². The lowest BCUT2D eigenvalue weighted by Crippen LogP contribution is -2.36. The second kappa shape index (κ2) is 5.36. The van der Waals surface area contributed by atoms with Crippen LogP contribution < -0.4 is 5.32 Å². The van der Waals surface area contributed by atoms with Gasteiger partial charge in [0, 0.05) is 18.0 Å². The molecule has 5 heteroatoms. The van der Waals surface area contributed by atoms with Gasteiger partial charge in [0.15, 0.2) is 5.82 Å². The van der Waals surface area contributed by atoms with Crippen molar-refractivity contribution in [2.75, 3.05) is 20.1 Å². The Morgan fingerprint density at radius 3 is 2.83 bits per heavy atom. The van der Waals surface area contributed by atoms with E-state index in [0.29, 0.717) is 6.04 Å². The number of nitrogens with zero attached hydrogens (tertiary/aromatic N) is 3. The molecule has 0 amide bonds. The van der Waals surface area contributed by atoms with Crippen molar-refractivity contribution < 1.29 is 4.52 Å². The van der Waals surface area contributed by atoms with Crippen molar-refractivity contribution in [1.82, 2.24) is 20.4 Å². The van der Waals surface area contributed by atoms with E-state index in [1.54, 1.807) is 0 Å². The van der Waals surface area contributed by atoms with Crippen LogP contribution in [-0.2, 0) is 12.0 Å². The lowest BCUT2D eigenvalue weighted by molar-refractivity contribution is 0.232. The third kappa shape index (κ3) is 3.09. The number of likely N-dealkylation sites (tertiary alicyclic amines) is 1. The average molecular weight is 252 g/mol. The van der Waals surface area contributed by atoms with E-state index >= 15 is 0 Å². The summed E-state index contributed by atoms with van der Waals surface area (Å²) in [6, 6.07) is 0.603. The van der Waals surface area contributed by atoms with Gasteiger partial charge in [0.05, 0.1) is 6.54 Å². The van der Waals surface area contributed by atoms with E-state index in [1.807, 2.05) is 7.05 Å². The first-order valence-electron chi connectivity index (χ1n) is 6.72. The van der Waals surface area contributed by atoms with E-state index in [9.17, 15) is 0 Å². The fraction of sp³-hybridized carbons (Fsp3) is 0.846. The average Bonchev–Trinajstić information content (AvgIpc) is 2.89. The zero-order chi connectivity index (χ0) is 13.2. The highest BCUT2D eigenvalue weighted by Crippen LogP contribution is 2.22. The van der Waals surface area contributed by atoms with Crippen LogP contribution in [0.15, 0.2) is 4.52 Å². The van der Waals surface area contributed by atoms with E-state index < -0.39 is 0 Å². The van der Waals surface area contributed by atoms with Crippen LogP contribution in [0.3, 0.4) is 0 Å². The maximum Gasteiger partial charge on any atom is 0.232 e. The number of hydrogen-bond acceptors (Lipinski definition) is 5. The van der Waals surface area contributed by atoms with Crippen LogP contribution in [0, 0.1) is 0 Å². The van der Waals surface area contributed by atoms with Gasteiger partial charge in [-0.1, -0.05) is 25.9 Å². The summed E-state index contributed by atoms with van der Waals surface area (Å²) in [6.07, 6.45) is 2.52. The van der Waals surface area contributed by atoms with E-state index in [4.69, 9.17) is 4.52 Å². The molecule has 0 bridgehead atoms.